The van der Waals surface area contributed by atoms with Crippen molar-refractivity contribution < 1.29 is 66.5 Å². The van der Waals surface area contributed by atoms with E-state index in [1.807, 2.05) is 20.8 Å². The third kappa shape index (κ3) is 12.4. The largest absolute Gasteiger partial charge is 0.338 e. The number of anilines is 5. The van der Waals surface area contributed by atoms with Crippen molar-refractivity contribution in [3.05, 3.63) is 99.7 Å². The Balaban J connectivity index is 1.48. The van der Waals surface area contributed by atoms with Gasteiger partial charge in [-0.3, -0.25) is 23.1 Å². The summed E-state index contributed by atoms with van der Waals surface area (Å²) in [7, 11) is -20.4. The quantitative estimate of drug-likeness (QED) is 0.0153. The topological polar surface area (TPSA) is 376 Å². The molecule has 8 rings (SSSR count). The van der Waals surface area contributed by atoms with Crippen LogP contribution in [-0.2, 0) is 61.7 Å². The molecular formula is C49H50N10O15S7. The molecule has 0 aliphatic carbocycles. The lowest BCUT2D eigenvalue weighted by atomic mass is 9.90. The average Bonchev–Trinajstić information content (AvgIpc) is 4.22. The van der Waals surface area contributed by atoms with Gasteiger partial charge in [0.05, 0.1) is 53.6 Å². The standard InChI is InChI=1S/C49H50N10O15S7/c1-11-27-18-30(79(64,65)66)20-31(23(2)3)41(27)54-45-40(55-56-46-32(22-50)44(49(8,9)10)57-59(46)48-52-33-14-12-28(77-74-73-60)19-35(33)76-48)25(6)17-38(53-45)58(47-51-34-15-13-29(78(61,62)63)21-36(34)75-47)42-26(7)16-37(80(67,68)69)43(81(70,71)72)39(42)24(4)5/h12-21,23-24,60H,11H2,1-10H3,(H,53,54)(H,61,62,63)(H,64,65,66)(H,67,68,69)(H,70,71,72). The van der Waals surface area contributed by atoms with Crippen LogP contribution in [0.1, 0.15) is 106 Å². The Morgan fingerprint density at radius 3 is 2.02 bits per heavy atom. The third-order valence-corrected chi connectivity index (χ3v) is 18.6. The van der Waals surface area contributed by atoms with Crippen LogP contribution in [0.3, 0.4) is 0 Å². The minimum absolute atomic E-state index is 0.00483. The number of hydrogen-bond acceptors (Lipinski definition) is 23. The van der Waals surface area contributed by atoms with Crippen molar-refractivity contribution in [3.63, 3.8) is 0 Å². The summed E-state index contributed by atoms with van der Waals surface area (Å²) in [5, 5.41) is 41.2. The predicted octanol–water partition coefficient (Wildman–Crippen LogP) is 12.1. The van der Waals surface area contributed by atoms with Gasteiger partial charge in [0, 0.05) is 21.6 Å². The zero-order chi connectivity index (χ0) is 59.6. The minimum atomic E-state index is -5.51. The maximum Gasteiger partial charge on any atom is 0.296 e. The van der Waals surface area contributed by atoms with E-state index < -0.39 is 77.3 Å². The molecule has 0 unspecified atom stereocenters. The fourth-order valence-electron chi connectivity index (χ4n) is 8.81. The van der Waals surface area contributed by atoms with Crippen LogP contribution in [0.2, 0.25) is 0 Å². The van der Waals surface area contributed by atoms with Gasteiger partial charge in [-0.1, -0.05) is 83.1 Å². The van der Waals surface area contributed by atoms with Crippen molar-refractivity contribution in [1.29, 1.82) is 5.26 Å². The lowest BCUT2D eigenvalue weighted by Crippen LogP contribution is -2.21. The molecule has 4 aromatic heterocycles. The lowest BCUT2D eigenvalue weighted by Gasteiger charge is -2.30. The molecule has 4 heterocycles. The Hall–Kier alpha value is -6.42. The molecule has 0 saturated carbocycles. The first-order chi connectivity index (χ1) is 37.7. The Morgan fingerprint density at radius 1 is 0.790 bits per heavy atom. The highest BCUT2D eigenvalue weighted by Gasteiger charge is 2.37. The molecule has 0 atom stereocenters. The third-order valence-electron chi connectivity index (χ3n) is 12.4. The molecular weight excluding hydrogens is 1190 g/mol. The molecule has 32 heteroatoms. The molecule has 0 aliphatic heterocycles. The van der Waals surface area contributed by atoms with Crippen LogP contribution in [-0.4, -0.2) is 81.9 Å². The monoisotopic (exact) mass is 1240 g/mol. The summed E-state index contributed by atoms with van der Waals surface area (Å²) in [6.45, 7) is 16.8. The van der Waals surface area contributed by atoms with Crippen molar-refractivity contribution in [2.75, 3.05) is 10.2 Å². The predicted molar refractivity (Wildman–Crippen MR) is 303 cm³/mol. The number of rotatable bonds is 18. The van der Waals surface area contributed by atoms with Gasteiger partial charge in [-0.25, -0.2) is 20.2 Å². The van der Waals surface area contributed by atoms with Gasteiger partial charge in [0.2, 0.25) is 5.13 Å². The van der Waals surface area contributed by atoms with E-state index in [0.29, 0.717) is 37.6 Å². The Morgan fingerprint density at radius 2 is 1.44 bits per heavy atom. The molecule has 0 amide bonds. The highest BCUT2D eigenvalue weighted by Crippen LogP contribution is 2.50. The number of aromatic nitrogens is 5. The van der Waals surface area contributed by atoms with Crippen molar-refractivity contribution in [1.82, 2.24) is 24.7 Å². The SMILES string of the molecule is CCc1cc(S(=O)(=O)O)cc(C(C)C)c1Nc1nc(N(c2nc3ccc(S(=O)(=O)O)cc3s2)c2c(C)cc(S(=O)(=O)O)c(S(=O)(=O)O)c2C(C)C)cc(C)c1N=Nc1c(C#N)c(C(C)(C)C)nn1-c1nc2ccc(SOOO)cc2s1. The van der Waals surface area contributed by atoms with E-state index in [9.17, 15) is 57.1 Å². The van der Waals surface area contributed by atoms with E-state index in [2.05, 4.69) is 20.8 Å². The molecule has 428 valence electrons. The van der Waals surface area contributed by atoms with Crippen LogP contribution < -0.4 is 10.2 Å². The van der Waals surface area contributed by atoms with Crippen molar-refractivity contribution in [2.45, 2.75) is 117 Å². The molecule has 0 aliphatic rings. The molecule has 6 N–H and O–H groups in total. The van der Waals surface area contributed by atoms with E-state index in [4.69, 9.17) is 35.5 Å². The number of pyridine rings is 1. The summed E-state index contributed by atoms with van der Waals surface area (Å²) in [5.74, 6) is -1.71. The summed E-state index contributed by atoms with van der Waals surface area (Å²) in [4.78, 5) is 13.4. The van der Waals surface area contributed by atoms with Gasteiger partial charge in [-0.15, -0.1) is 14.6 Å². The molecule has 4 aromatic carbocycles. The van der Waals surface area contributed by atoms with Gasteiger partial charge in [0.1, 0.15) is 32.9 Å². The van der Waals surface area contributed by atoms with E-state index >= 15 is 0 Å². The van der Waals surface area contributed by atoms with Crippen LogP contribution in [0.25, 0.3) is 25.6 Å². The molecule has 0 fully saturated rings. The fraction of sp³-hybridized carbons (Fsp3) is 0.286. The first kappa shape index (κ1) is 60.7. The highest BCUT2D eigenvalue weighted by atomic mass is 32.2. The summed E-state index contributed by atoms with van der Waals surface area (Å²) < 4.78 is 151. The normalized spacial score (nSPS) is 12.9. The molecule has 25 nitrogen and oxygen atoms in total. The second-order valence-electron chi connectivity index (χ2n) is 19.8. The highest BCUT2D eigenvalue weighted by molar-refractivity contribution is 7.94. The zero-order valence-electron chi connectivity index (χ0n) is 44.3. The van der Waals surface area contributed by atoms with Gasteiger partial charge >= 0.3 is 0 Å². The molecule has 0 radical (unpaired) electrons. The fourth-order valence-corrected chi connectivity index (χ4v) is 14.6. The molecule has 0 saturated heterocycles. The minimum Gasteiger partial charge on any atom is -0.338 e. The van der Waals surface area contributed by atoms with Gasteiger partial charge in [0.15, 0.2) is 16.8 Å². The van der Waals surface area contributed by atoms with Gasteiger partial charge in [-0.2, -0.15) is 48.7 Å². The van der Waals surface area contributed by atoms with Crippen LogP contribution in [0.15, 0.2) is 95.4 Å². The van der Waals surface area contributed by atoms with Crippen LogP contribution >= 0.6 is 34.7 Å². The molecule has 8 aromatic rings. The number of aryl methyl sites for hydroxylation is 3. The second-order valence-corrected chi connectivity index (χ2v) is 28.2. The maximum atomic E-state index is 13.5. The van der Waals surface area contributed by atoms with E-state index in [-0.39, 0.29) is 78.0 Å². The van der Waals surface area contributed by atoms with E-state index in [1.54, 1.807) is 45.9 Å². The number of nitrogens with zero attached hydrogens (tertiary/aromatic N) is 9. The van der Waals surface area contributed by atoms with Crippen molar-refractivity contribution in [3.8, 4) is 11.2 Å². The van der Waals surface area contributed by atoms with Crippen LogP contribution in [0.4, 0.5) is 39.6 Å². The number of azo groups is 1. The Kier molecular flexibility index (Phi) is 16.8. The van der Waals surface area contributed by atoms with Crippen LogP contribution in [0.5, 0.6) is 0 Å². The first-order valence-corrected chi connectivity index (χ1v) is 32.0. The smallest absolute Gasteiger partial charge is 0.296 e. The van der Waals surface area contributed by atoms with Gasteiger partial charge < -0.3 is 5.32 Å². The van der Waals surface area contributed by atoms with Crippen LogP contribution in [0, 0.1) is 25.2 Å². The number of nitrogens with one attached hydrogen (secondary N) is 1. The summed E-state index contributed by atoms with van der Waals surface area (Å²) >= 11 is 2.76. The summed E-state index contributed by atoms with van der Waals surface area (Å²) in [5.41, 5.74) is 1.18. The summed E-state index contributed by atoms with van der Waals surface area (Å²) in [6, 6.07) is 15.8. The zero-order valence-corrected chi connectivity index (χ0v) is 50.1. The number of nitriles is 1. The number of hydrogen-bond donors (Lipinski definition) is 6. The maximum absolute atomic E-state index is 13.5. The number of thiazole rings is 2. The average molecular weight is 1240 g/mol. The first-order valence-electron chi connectivity index (χ1n) is 23.9. The molecule has 0 spiro atoms. The van der Waals surface area contributed by atoms with E-state index in [1.165, 1.54) is 66.0 Å². The Labute approximate surface area is 477 Å². The van der Waals surface area contributed by atoms with Gasteiger partial charge in [0.25, 0.3) is 40.5 Å². The number of fused-ring (bicyclic) bond motifs is 2. The lowest BCUT2D eigenvalue weighted by molar-refractivity contribution is -0.432. The van der Waals surface area contributed by atoms with Gasteiger partial charge in [-0.05, 0) is 115 Å². The second kappa shape index (κ2) is 22.4. The molecule has 0 bridgehead atoms. The Bertz CT molecular complexity index is 4410. The summed E-state index contributed by atoms with van der Waals surface area (Å²) in [6.07, 6.45) is 0.185. The number of benzene rings is 4. The van der Waals surface area contributed by atoms with Crippen molar-refractivity contribution in [2.24, 2.45) is 10.2 Å². The molecule has 81 heavy (non-hydrogen) atoms. The van der Waals surface area contributed by atoms with Crippen molar-refractivity contribution >= 4 is 135 Å². The van der Waals surface area contributed by atoms with E-state index in [0.717, 1.165) is 41.6 Å².